The van der Waals surface area contributed by atoms with Gasteiger partial charge in [0.1, 0.15) is 0 Å². The van der Waals surface area contributed by atoms with Crippen LogP contribution in [0.25, 0.3) is 0 Å². The molecule has 0 amide bonds. The number of hydrogen-bond donors (Lipinski definition) is 3. The number of benzene rings is 1. The van der Waals surface area contributed by atoms with Crippen molar-refractivity contribution in [1.29, 1.82) is 0 Å². The number of alkyl halides is 3. The first-order chi connectivity index (χ1) is 12.8. The second-order valence-electron chi connectivity index (χ2n) is 6.75. The molecule has 0 heterocycles. The van der Waals surface area contributed by atoms with E-state index in [0.717, 1.165) is 43.9 Å². The maximum absolute atomic E-state index is 13.8. The maximum atomic E-state index is 13.8. The van der Waals surface area contributed by atoms with Crippen molar-refractivity contribution in [3.63, 3.8) is 0 Å². The summed E-state index contributed by atoms with van der Waals surface area (Å²) in [6.07, 6.45) is 2.19. The highest BCUT2D eigenvalue weighted by molar-refractivity contribution is 7.99. The zero-order valence-electron chi connectivity index (χ0n) is 16.2. The number of hydrogen-bond acceptors (Lipinski definition) is 4. The van der Waals surface area contributed by atoms with Gasteiger partial charge in [-0.3, -0.25) is 0 Å². The molecule has 0 radical (unpaired) electrons. The quantitative estimate of drug-likeness (QED) is 0.314. The van der Waals surface area contributed by atoms with E-state index in [1.165, 1.54) is 12.5 Å². The van der Waals surface area contributed by atoms with Gasteiger partial charge in [0.15, 0.2) is 0 Å². The molecule has 7 heteroatoms. The molecule has 0 aliphatic heterocycles. The molecule has 1 rings (SSSR count). The van der Waals surface area contributed by atoms with E-state index in [9.17, 15) is 23.4 Å². The van der Waals surface area contributed by atoms with E-state index in [2.05, 4.69) is 6.92 Å². The predicted octanol–water partition coefficient (Wildman–Crippen LogP) is 5.55. The fraction of sp³-hybridized carbons (Fsp3) is 0.700. The average Bonchev–Trinajstić information content (AvgIpc) is 2.64. The number of halogens is 3. The van der Waals surface area contributed by atoms with Crippen LogP contribution in [0.15, 0.2) is 11.0 Å². The normalized spacial score (nSPS) is 13.2. The van der Waals surface area contributed by atoms with Gasteiger partial charge in [-0.1, -0.05) is 52.0 Å². The van der Waals surface area contributed by atoms with Gasteiger partial charge in [-0.15, -0.1) is 11.8 Å². The first-order valence-electron chi connectivity index (χ1n) is 9.67. The molecule has 156 valence electrons. The summed E-state index contributed by atoms with van der Waals surface area (Å²) in [5.41, 5.74) is 5.46. The average molecular weight is 408 g/mol. The van der Waals surface area contributed by atoms with E-state index in [1.807, 2.05) is 0 Å². The lowest BCUT2D eigenvalue weighted by Crippen LogP contribution is -2.19. The van der Waals surface area contributed by atoms with Crippen molar-refractivity contribution in [1.82, 2.24) is 0 Å². The standard InChI is InChI=1S/C20H32F3NO2S/c1-3-5-6-7-8-9-10-27-19-14(12-25)11-15(17(24)4-2)16(13-26)18(19)20(21,22)23/h11,17,25-26H,3-10,12-13,24H2,1-2H3. The van der Waals surface area contributed by atoms with Crippen LogP contribution in [0.4, 0.5) is 13.2 Å². The third kappa shape index (κ3) is 6.97. The minimum absolute atomic E-state index is 0.0228. The van der Waals surface area contributed by atoms with E-state index in [4.69, 9.17) is 5.73 Å². The second kappa shape index (κ2) is 11.9. The van der Waals surface area contributed by atoms with Gasteiger partial charge in [-0.05, 0) is 35.3 Å². The Kier molecular flexibility index (Phi) is 10.7. The van der Waals surface area contributed by atoms with E-state index in [0.29, 0.717) is 12.2 Å². The number of aliphatic hydroxyl groups is 2. The Morgan fingerprint density at radius 1 is 1.04 bits per heavy atom. The van der Waals surface area contributed by atoms with Crippen molar-refractivity contribution in [3.05, 3.63) is 28.3 Å². The molecule has 0 bridgehead atoms. The highest BCUT2D eigenvalue weighted by atomic mass is 32.2. The second-order valence-corrected chi connectivity index (χ2v) is 7.86. The molecular weight excluding hydrogens is 375 g/mol. The fourth-order valence-corrected chi connectivity index (χ4v) is 4.39. The molecule has 0 aliphatic carbocycles. The first kappa shape index (κ1) is 24.3. The van der Waals surface area contributed by atoms with Crippen LogP contribution >= 0.6 is 11.8 Å². The summed E-state index contributed by atoms with van der Waals surface area (Å²) in [6.45, 7) is 2.70. The zero-order valence-corrected chi connectivity index (χ0v) is 17.1. The lowest BCUT2D eigenvalue weighted by molar-refractivity contribution is -0.141. The van der Waals surface area contributed by atoms with Crippen molar-refractivity contribution < 1.29 is 23.4 Å². The van der Waals surface area contributed by atoms with Gasteiger partial charge in [0.05, 0.1) is 18.8 Å². The lowest BCUT2D eigenvalue weighted by Gasteiger charge is -2.24. The minimum atomic E-state index is -4.62. The summed E-state index contributed by atoms with van der Waals surface area (Å²) in [6, 6.07) is 0.912. The first-order valence-corrected chi connectivity index (χ1v) is 10.7. The van der Waals surface area contributed by atoms with Gasteiger partial charge in [-0.25, -0.2) is 0 Å². The summed E-state index contributed by atoms with van der Waals surface area (Å²) >= 11 is 1.11. The molecule has 1 aromatic rings. The van der Waals surface area contributed by atoms with Gasteiger partial charge >= 0.3 is 6.18 Å². The Hall–Kier alpha value is -0.760. The van der Waals surface area contributed by atoms with Crippen LogP contribution in [0.5, 0.6) is 0 Å². The molecule has 3 nitrogen and oxygen atoms in total. The molecule has 0 aliphatic rings. The van der Waals surface area contributed by atoms with E-state index >= 15 is 0 Å². The Labute approximate surface area is 164 Å². The smallest absolute Gasteiger partial charge is 0.392 e. The molecule has 0 saturated carbocycles. The lowest BCUT2D eigenvalue weighted by atomic mass is 9.92. The van der Waals surface area contributed by atoms with E-state index < -0.39 is 31.0 Å². The number of aliphatic hydroxyl groups excluding tert-OH is 2. The molecule has 0 saturated heterocycles. The zero-order chi connectivity index (χ0) is 20.4. The molecule has 4 N–H and O–H groups in total. The molecular formula is C20H32F3NO2S. The van der Waals surface area contributed by atoms with Crippen LogP contribution in [-0.2, 0) is 19.4 Å². The minimum Gasteiger partial charge on any atom is -0.392 e. The largest absolute Gasteiger partial charge is 0.417 e. The highest BCUT2D eigenvalue weighted by Gasteiger charge is 2.39. The molecule has 1 aromatic carbocycles. The van der Waals surface area contributed by atoms with Gasteiger partial charge in [-0.2, -0.15) is 13.2 Å². The van der Waals surface area contributed by atoms with E-state index in [1.54, 1.807) is 6.92 Å². The SMILES string of the molecule is CCCCCCCCSc1c(CO)cc(C(N)CC)c(CO)c1C(F)(F)F. The van der Waals surface area contributed by atoms with Crippen molar-refractivity contribution >= 4 is 11.8 Å². The number of unbranched alkanes of at least 4 members (excludes halogenated alkanes) is 5. The summed E-state index contributed by atoms with van der Waals surface area (Å²) in [5, 5.41) is 19.3. The monoisotopic (exact) mass is 407 g/mol. The van der Waals surface area contributed by atoms with Gasteiger partial charge in [0, 0.05) is 10.9 Å². The van der Waals surface area contributed by atoms with Crippen LogP contribution in [-0.4, -0.2) is 16.0 Å². The maximum Gasteiger partial charge on any atom is 0.417 e. The molecule has 1 unspecified atom stereocenters. The third-order valence-electron chi connectivity index (χ3n) is 4.69. The summed E-state index contributed by atoms with van der Waals surface area (Å²) < 4.78 is 41.5. The Morgan fingerprint density at radius 2 is 1.67 bits per heavy atom. The topological polar surface area (TPSA) is 66.5 Å². The van der Waals surface area contributed by atoms with Gasteiger partial charge in [0.25, 0.3) is 0 Å². The van der Waals surface area contributed by atoms with Gasteiger partial charge in [0.2, 0.25) is 0 Å². The van der Waals surface area contributed by atoms with E-state index in [-0.39, 0.29) is 21.6 Å². The van der Waals surface area contributed by atoms with Crippen molar-refractivity contribution in [3.8, 4) is 0 Å². The van der Waals surface area contributed by atoms with Crippen LogP contribution in [0.1, 0.15) is 87.1 Å². The summed E-state index contributed by atoms with van der Waals surface area (Å²) in [7, 11) is 0. The number of rotatable bonds is 12. The van der Waals surface area contributed by atoms with Crippen LogP contribution in [0.2, 0.25) is 0 Å². The van der Waals surface area contributed by atoms with Crippen LogP contribution < -0.4 is 5.73 Å². The molecule has 0 spiro atoms. The highest BCUT2D eigenvalue weighted by Crippen LogP contribution is 2.44. The Morgan fingerprint density at radius 3 is 2.19 bits per heavy atom. The third-order valence-corrected chi connectivity index (χ3v) is 5.94. The molecule has 0 aromatic heterocycles. The fourth-order valence-electron chi connectivity index (χ4n) is 3.14. The Bertz CT molecular complexity index is 579. The van der Waals surface area contributed by atoms with Crippen molar-refractivity contribution in [2.75, 3.05) is 5.75 Å². The molecule has 1 atom stereocenters. The van der Waals surface area contributed by atoms with Crippen molar-refractivity contribution in [2.24, 2.45) is 5.73 Å². The van der Waals surface area contributed by atoms with Gasteiger partial charge < -0.3 is 15.9 Å². The summed E-state index contributed by atoms with van der Waals surface area (Å²) in [4.78, 5) is 0.0228. The molecule has 27 heavy (non-hydrogen) atoms. The number of thioether (sulfide) groups is 1. The molecule has 0 fully saturated rings. The van der Waals surface area contributed by atoms with Crippen LogP contribution in [0.3, 0.4) is 0 Å². The van der Waals surface area contributed by atoms with Crippen LogP contribution in [0, 0.1) is 0 Å². The Balaban J connectivity index is 3.13. The number of nitrogens with two attached hydrogens (primary N) is 1. The van der Waals surface area contributed by atoms with Crippen molar-refractivity contribution in [2.45, 2.75) is 89.1 Å². The predicted molar refractivity (Wildman–Crippen MR) is 105 cm³/mol. The summed E-state index contributed by atoms with van der Waals surface area (Å²) in [5.74, 6) is 0.548.